The number of carbonyl (C=O) groups is 1. The molecule has 0 unspecified atom stereocenters. The van der Waals surface area contributed by atoms with Gasteiger partial charge in [-0.05, 0) is 74.7 Å². The van der Waals surface area contributed by atoms with Gasteiger partial charge in [0.15, 0.2) is 0 Å². The van der Waals surface area contributed by atoms with Crippen molar-refractivity contribution in [2.45, 2.75) is 27.7 Å². The highest BCUT2D eigenvalue weighted by atomic mass is 16.3. The van der Waals surface area contributed by atoms with Crippen molar-refractivity contribution in [3.63, 3.8) is 0 Å². The standard InChI is InChI=1S/C26H24N2O2/c1-16-9-10-23(19(4)12-16)28-25(29)22-15-20-7-5-6-8-24(20)30-26(22)27-21-13-17(2)11-18(3)14-21/h5-15H,1-4H3,(H,28,29). The molecule has 0 aliphatic rings. The molecule has 0 fully saturated rings. The van der Waals surface area contributed by atoms with Crippen LogP contribution in [0.5, 0.6) is 0 Å². The van der Waals surface area contributed by atoms with Crippen LogP contribution < -0.4 is 10.9 Å². The lowest BCUT2D eigenvalue weighted by Crippen LogP contribution is -2.22. The second kappa shape index (κ2) is 7.99. The summed E-state index contributed by atoms with van der Waals surface area (Å²) in [4.78, 5) is 17.9. The van der Waals surface area contributed by atoms with Crippen LogP contribution >= 0.6 is 0 Å². The van der Waals surface area contributed by atoms with Crippen LogP contribution in [0.15, 0.2) is 76.1 Å². The number of amides is 1. The topological polar surface area (TPSA) is 54.6 Å². The van der Waals surface area contributed by atoms with Crippen LogP contribution in [0.3, 0.4) is 0 Å². The Kier molecular flexibility index (Phi) is 5.23. The van der Waals surface area contributed by atoms with Crippen LogP contribution in [0.25, 0.3) is 11.0 Å². The minimum absolute atomic E-state index is 0.250. The van der Waals surface area contributed by atoms with Crippen LogP contribution in [0.2, 0.25) is 0 Å². The van der Waals surface area contributed by atoms with Gasteiger partial charge in [-0.15, -0.1) is 0 Å². The van der Waals surface area contributed by atoms with E-state index >= 15 is 0 Å². The van der Waals surface area contributed by atoms with Crippen molar-refractivity contribution in [3.8, 4) is 0 Å². The maximum absolute atomic E-state index is 13.2. The highest BCUT2D eigenvalue weighted by Crippen LogP contribution is 2.20. The third-order valence-corrected chi connectivity index (χ3v) is 4.97. The number of carbonyl (C=O) groups excluding carboxylic acids is 1. The lowest BCUT2D eigenvalue weighted by Gasteiger charge is -2.10. The zero-order valence-electron chi connectivity index (χ0n) is 17.6. The van der Waals surface area contributed by atoms with Crippen molar-refractivity contribution in [1.82, 2.24) is 0 Å². The third-order valence-electron chi connectivity index (χ3n) is 4.97. The van der Waals surface area contributed by atoms with Crippen molar-refractivity contribution in [3.05, 3.63) is 100 Å². The number of para-hydroxylation sites is 1. The molecule has 4 aromatic rings. The minimum Gasteiger partial charge on any atom is -0.438 e. The second-order valence-corrected chi connectivity index (χ2v) is 7.73. The van der Waals surface area contributed by atoms with Gasteiger partial charge in [0, 0.05) is 11.1 Å². The van der Waals surface area contributed by atoms with Crippen LogP contribution in [-0.4, -0.2) is 5.91 Å². The molecule has 0 radical (unpaired) electrons. The number of hydrogen-bond donors (Lipinski definition) is 1. The molecule has 0 aliphatic carbocycles. The van der Waals surface area contributed by atoms with E-state index in [1.807, 2.05) is 88.4 Å². The molecular formula is C26H24N2O2. The van der Waals surface area contributed by atoms with Crippen molar-refractivity contribution < 1.29 is 9.21 Å². The van der Waals surface area contributed by atoms with Gasteiger partial charge in [0.05, 0.1) is 5.69 Å². The van der Waals surface area contributed by atoms with Gasteiger partial charge in [-0.25, -0.2) is 4.99 Å². The molecule has 0 saturated heterocycles. The Labute approximate surface area is 175 Å². The van der Waals surface area contributed by atoms with Crippen molar-refractivity contribution in [2.24, 2.45) is 4.99 Å². The third kappa shape index (κ3) is 4.18. The molecule has 0 atom stereocenters. The second-order valence-electron chi connectivity index (χ2n) is 7.73. The Balaban J connectivity index is 1.85. The van der Waals surface area contributed by atoms with E-state index in [1.54, 1.807) is 0 Å². The van der Waals surface area contributed by atoms with Crippen molar-refractivity contribution in [1.29, 1.82) is 0 Å². The number of aryl methyl sites for hydroxylation is 4. The number of anilines is 1. The van der Waals surface area contributed by atoms with Gasteiger partial charge in [-0.1, -0.05) is 42.0 Å². The van der Waals surface area contributed by atoms with Gasteiger partial charge in [0.2, 0.25) is 5.55 Å². The molecule has 1 aromatic heterocycles. The fourth-order valence-corrected chi connectivity index (χ4v) is 3.59. The molecule has 3 aromatic carbocycles. The predicted octanol–water partition coefficient (Wildman–Crippen LogP) is 6.15. The largest absolute Gasteiger partial charge is 0.438 e. The first-order chi connectivity index (χ1) is 14.4. The smallest absolute Gasteiger partial charge is 0.261 e. The fourth-order valence-electron chi connectivity index (χ4n) is 3.59. The van der Waals surface area contributed by atoms with Gasteiger partial charge in [-0.2, -0.15) is 0 Å². The van der Waals surface area contributed by atoms with E-state index < -0.39 is 0 Å². The van der Waals surface area contributed by atoms with Crippen molar-refractivity contribution >= 4 is 28.3 Å². The Morgan fingerprint density at radius 2 is 1.57 bits per heavy atom. The zero-order chi connectivity index (χ0) is 21.3. The van der Waals surface area contributed by atoms with Crippen LogP contribution in [-0.2, 0) is 0 Å². The van der Waals surface area contributed by atoms with Crippen LogP contribution in [0, 0.1) is 27.7 Å². The highest BCUT2D eigenvalue weighted by molar-refractivity contribution is 6.05. The van der Waals surface area contributed by atoms with E-state index in [0.29, 0.717) is 16.7 Å². The van der Waals surface area contributed by atoms with E-state index in [-0.39, 0.29) is 5.91 Å². The lowest BCUT2D eigenvalue weighted by molar-refractivity contribution is 0.102. The molecule has 1 amide bonds. The Bertz CT molecular complexity index is 1310. The zero-order valence-corrected chi connectivity index (χ0v) is 17.6. The van der Waals surface area contributed by atoms with E-state index in [9.17, 15) is 4.79 Å². The molecule has 1 N–H and O–H groups in total. The summed E-state index contributed by atoms with van der Waals surface area (Å²) in [5.74, 6) is -0.250. The minimum atomic E-state index is -0.250. The summed E-state index contributed by atoms with van der Waals surface area (Å²) < 4.78 is 6.06. The number of fused-ring (bicyclic) bond motifs is 1. The molecule has 4 nitrogen and oxygen atoms in total. The molecule has 0 saturated carbocycles. The van der Waals surface area contributed by atoms with Gasteiger partial charge in [-0.3, -0.25) is 4.79 Å². The normalized spacial score (nSPS) is 11.7. The number of hydrogen-bond acceptors (Lipinski definition) is 3. The fraction of sp³-hybridized carbons (Fsp3) is 0.154. The first kappa shape index (κ1) is 19.6. The SMILES string of the molecule is Cc1cc(C)cc(N=c2oc3ccccc3cc2C(=O)Nc2ccc(C)cc2C)c1. The van der Waals surface area contributed by atoms with Crippen LogP contribution in [0.4, 0.5) is 11.4 Å². The monoisotopic (exact) mass is 396 g/mol. The van der Waals surface area contributed by atoms with E-state index in [1.165, 1.54) is 0 Å². The van der Waals surface area contributed by atoms with Gasteiger partial charge in [0.1, 0.15) is 11.1 Å². The predicted molar refractivity (Wildman–Crippen MR) is 121 cm³/mol. The van der Waals surface area contributed by atoms with Gasteiger partial charge >= 0.3 is 0 Å². The first-order valence-electron chi connectivity index (χ1n) is 9.93. The van der Waals surface area contributed by atoms with Crippen molar-refractivity contribution in [2.75, 3.05) is 5.32 Å². The summed E-state index contributed by atoms with van der Waals surface area (Å²) in [5.41, 5.74) is 7.28. The Morgan fingerprint density at radius 3 is 2.30 bits per heavy atom. The van der Waals surface area contributed by atoms with E-state index in [2.05, 4.69) is 16.4 Å². The van der Waals surface area contributed by atoms with E-state index in [0.717, 1.165) is 39.0 Å². The molecule has 0 spiro atoms. The molecule has 4 heteroatoms. The maximum atomic E-state index is 13.2. The number of rotatable bonds is 3. The van der Waals surface area contributed by atoms with Crippen LogP contribution in [0.1, 0.15) is 32.6 Å². The maximum Gasteiger partial charge on any atom is 0.261 e. The molecule has 4 rings (SSSR count). The molecule has 30 heavy (non-hydrogen) atoms. The lowest BCUT2D eigenvalue weighted by atomic mass is 10.1. The average molecular weight is 396 g/mol. The summed E-state index contributed by atoms with van der Waals surface area (Å²) in [5, 5.41) is 3.86. The molecule has 0 bridgehead atoms. The highest BCUT2D eigenvalue weighted by Gasteiger charge is 2.14. The average Bonchev–Trinajstić information content (AvgIpc) is 2.68. The number of nitrogens with zero attached hydrogens (tertiary/aromatic N) is 1. The molecule has 0 aliphatic heterocycles. The first-order valence-corrected chi connectivity index (χ1v) is 9.93. The summed E-state index contributed by atoms with van der Waals surface area (Å²) in [6, 6.07) is 21.4. The summed E-state index contributed by atoms with van der Waals surface area (Å²) in [7, 11) is 0. The summed E-state index contributed by atoms with van der Waals surface area (Å²) in [6.07, 6.45) is 0. The Morgan fingerprint density at radius 1 is 0.833 bits per heavy atom. The Hall–Kier alpha value is -3.66. The van der Waals surface area contributed by atoms with Gasteiger partial charge < -0.3 is 9.73 Å². The molecular weight excluding hydrogens is 372 g/mol. The quantitative estimate of drug-likeness (QED) is 0.451. The number of nitrogens with one attached hydrogen (secondary N) is 1. The summed E-state index contributed by atoms with van der Waals surface area (Å²) >= 11 is 0. The summed E-state index contributed by atoms with van der Waals surface area (Å²) in [6.45, 7) is 8.06. The van der Waals surface area contributed by atoms with E-state index in [4.69, 9.17) is 4.42 Å². The molecule has 150 valence electrons. The number of benzene rings is 3. The van der Waals surface area contributed by atoms with Gasteiger partial charge in [0.25, 0.3) is 5.91 Å². The molecule has 1 heterocycles.